The van der Waals surface area contributed by atoms with E-state index in [-0.39, 0.29) is 5.91 Å². The van der Waals surface area contributed by atoms with Crippen LogP contribution in [0.1, 0.15) is 11.1 Å². The normalized spacial score (nSPS) is 12.4. The van der Waals surface area contributed by atoms with Crippen molar-refractivity contribution in [2.24, 2.45) is 12.0 Å². The van der Waals surface area contributed by atoms with Gasteiger partial charge in [-0.15, -0.1) is 0 Å². The summed E-state index contributed by atoms with van der Waals surface area (Å²) in [5, 5.41) is 0.680. The number of amides is 1. The second-order valence-corrected chi connectivity index (χ2v) is 6.56. The van der Waals surface area contributed by atoms with Crippen molar-refractivity contribution in [1.82, 2.24) is 4.57 Å². The van der Waals surface area contributed by atoms with Gasteiger partial charge in [0.05, 0.1) is 15.2 Å². The lowest BCUT2D eigenvalue weighted by Crippen LogP contribution is -2.12. The average molecular weight is 343 g/mol. The molecule has 0 fully saturated rings. The van der Waals surface area contributed by atoms with Crippen molar-refractivity contribution in [3.8, 4) is 0 Å². The van der Waals surface area contributed by atoms with E-state index in [1.165, 1.54) is 17.4 Å². The summed E-state index contributed by atoms with van der Waals surface area (Å²) >= 11 is 7.67. The first-order valence-electron chi connectivity index (χ1n) is 7.13. The number of halogens is 1. The van der Waals surface area contributed by atoms with Crippen LogP contribution in [-0.2, 0) is 11.8 Å². The number of hydrogen-bond donors (Lipinski definition) is 0. The van der Waals surface area contributed by atoms with Crippen LogP contribution in [0.4, 0.5) is 0 Å². The molecule has 0 atom stereocenters. The number of carbonyl (C=O) groups excluding carboxylic acids is 1. The molecular weight excluding hydrogens is 328 g/mol. The molecule has 0 aliphatic rings. The van der Waals surface area contributed by atoms with E-state index in [0.717, 1.165) is 21.3 Å². The zero-order chi connectivity index (χ0) is 16.4. The highest BCUT2D eigenvalue weighted by Gasteiger charge is 2.09. The average Bonchev–Trinajstić information content (AvgIpc) is 2.88. The van der Waals surface area contributed by atoms with Crippen LogP contribution in [0, 0.1) is 6.92 Å². The first-order chi connectivity index (χ1) is 11.1. The molecule has 0 spiro atoms. The lowest BCUT2D eigenvalue weighted by atomic mass is 10.2. The molecule has 1 amide bonds. The Bertz CT molecular complexity index is 968. The van der Waals surface area contributed by atoms with Crippen LogP contribution < -0.4 is 4.80 Å². The third-order valence-corrected chi connectivity index (χ3v) is 5.12. The molecular formula is C18H15ClN2OS. The zero-order valence-corrected chi connectivity index (χ0v) is 14.4. The molecule has 1 heterocycles. The molecule has 3 rings (SSSR count). The fourth-order valence-corrected chi connectivity index (χ4v) is 3.75. The summed E-state index contributed by atoms with van der Waals surface area (Å²) in [6.07, 6.45) is 3.24. The minimum Gasteiger partial charge on any atom is -0.319 e. The molecule has 5 heteroatoms. The molecule has 1 aromatic heterocycles. The fraction of sp³-hybridized carbons (Fsp3) is 0.111. The van der Waals surface area contributed by atoms with Gasteiger partial charge in [-0.1, -0.05) is 59.3 Å². The number of thiazole rings is 1. The predicted molar refractivity (Wildman–Crippen MR) is 96.6 cm³/mol. The van der Waals surface area contributed by atoms with E-state index in [4.69, 9.17) is 11.6 Å². The van der Waals surface area contributed by atoms with Crippen molar-refractivity contribution in [3.05, 3.63) is 69.5 Å². The maximum Gasteiger partial charge on any atom is 0.272 e. The molecule has 0 saturated carbocycles. The van der Waals surface area contributed by atoms with Crippen LogP contribution in [0.15, 0.2) is 53.5 Å². The fourth-order valence-electron chi connectivity index (χ4n) is 2.38. The predicted octanol–water partition coefficient (Wildman–Crippen LogP) is 4.34. The van der Waals surface area contributed by atoms with Crippen molar-refractivity contribution in [1.29, 1.82) is 0 Å². The molecule has 0 aliphatic heterocycles. The summed E-state index contributed by atoms with van der Waals surface area (Å²) in [4.78, 5) is 16.9. The second kappa shape index (κ2) is 6.52. The number of fused-ring (bicyclic) bond motifs is 1. The topological polar surface area (TPSA) is 34.4 Å². The summed E-state index contributed by atoms with van der Waals surface area (Å²) < 4.78 is 2.86. The lowest BCUT2D eigenvalue weighted by molar-refractivity contribution is -0.113. The maximum absolute atomic E-state index is 12.1. The number of nitrogens with zero attached hydrogens (tertiary/aromatic N) is 2. The van der Waals surface area contributed by atoms with Gasteiger partial charge in [0.15, 0.2) is 4.80 Å². The summed E-state index contributed by atoms with van der Waals surface area (Å²) in [5.41, 5.74) is 3.09. The van der Waals surface area contributed by atoms with Gasteiger partial charge in [-0.2, -0.15) is 4.99 Å². The summed E-state index contributed by atoms with van der Waals surface area (Å²) in [7, 11) is 1.90. The lowest BCUT2D eigenvalue weighted by Gasteiger charge is -2.00. The highest BCUT2D eigenvalue weighted by atomic mass is 35.5. The van der Waals surface area contributed by atoms with Gasteiger partial charge in [0.1, 0.15) is 0 Å². The highest BCUT2D eigenvalue weighted by molar-refractivity contribution is 7.17. The first kappa shape index (κ1) is 15.7. The van der Waals surface area contributed by atoms with Gasteiger partial charge >= 0.3 is 0 Å². The van der Waals surface area contributed by atoms with Crippen LogP contribution in [0.3, 0.4) is 0 Å². The molecule has 0 radical (unpaired) electrons. The quantitative estimate of drug-likeness (QED) is 0.638. The Balaban J connectivity index is 2.00. The Kier molecular flexibility index (Phi) is 4.46. The van der Waals surface area contributed by atoms with Gasteiger partial charge in [0, 0.05) is 13.1 Å². The van der Waals surface area contributed by atoms with E-state index in [9.17, 15) is 4.79 Å². The highest BCUT2D eigenvalue weighted by Crippen LogP contribution is 2.28. The van der Waals surface area contributed by atoms with Gasteiger partial charge in [-0.25, -0.2) is 0 Å². The molecule has 0 saturated heterocycles. The summed E-state index contributed by atoms with van der Waals surface area (Å²) in [6, 6.07) is 13.5. The molecule has 3 aromatic rings. The molecule has 0 aliphatic carbocycles. The number of carbonyl (C=O) groups is 1. The number of benzene rings is 2. The molecule has 3 nitrogen and oxygen atoms in total. The van der Waals surface area contributed by atoms with Crippen molar-refractivity contribution in [3.63, 3.8) is 0 Å². The molecule has 2 aromatic carbocycles. The Morgan fingerprint density at radius 3 is 2.65 bits per heavy atom. The zero-order valence-electron chi connectivity index (χ0n) is 12.8. The third kappa shape index (κ3) is 3.28. The van der Waals surface area contributed by atoms with E-state index < -0.39 is 0 Å². The van der Waals surface area contributed by atoms with Crippen molar-refractivity contribution in [2.45, 2.75) is 6.92 Å². The number of hydrogen-bond acceptors (Lipinski definition) is 2. The molecule has 116 valence electrons. The number of aryl methyl sites for hydroxylation is 2. The van der Waals surface area contributed by atoms with Crippen molar-refractivity contribution in [2.75, 3.05) is 0 Å². The smallest absolute Gasteiger partial charge is 0.272 e. The Morgan fingerprint density at radius 1 is 1.22 bits per heavy atom. The van der Waals surface area contributed by atoms with Gasteiger partial charge in [0.25, 0.3) is 5.91 Å². The van der Waals surface area contributed by atoms with Crippen molar-refractivity contribution < 1.29 is 4.79 Å². The van der Waals surface area contributed by atoms with Crippen LogP contribution >= 0.6 is 22.9 Å². The van der Waals surface area contributed by atoms with Crippen LogP contribution in [-0.4, -0.2) is 10.5 Å². The molecule has 0 N–H and O–H groups in total. The molecule has 0 bridgehead atoms. The maximum atomic E-state index is 12.1. The number of aromatic nitrogens is 1. The summed E-state index contributed by atoms with van der Waals surface area (Å²) in [5.74, 6) is -0.287. The van der Waals surface area contributed by atoms with E-state index >= 15 is 0 Å². The Morgan fingerprint density at radius 2 is 1.96 bits per heavy atom. The first-order valence-corrected chi connectivity index (χ1v) is 8.32. The third-order valence-electron chi connectivity index (χ3n) is 3.52. The van der Waals surface area contributed by atoms with Crippen molar-refractivity contribution >= 4 is 45.1 Å². The van der Waals surface area contributed by atoms with E-state index in [1.54, 1.807) is 6.08 Å². The van der Waals surface area contributed by atoms with E-state index in [0.29, 0.717) is 9.82 Å². The minimum atomic E-state index is -0.287. The van der Waals surface area contributed by atoms with Gasteiger partial charge in [0.2, 0.25) is 0 Å². The van der Waals surface area contributed by atoms with Gasteiger partial charge in [-0.05, 0) is 30.2 Å². The minimum absolute atomic E-state index is 0.287. The van der Waals surface area contributed by atoms with Crippen LogP contribution in [0.2, 0.25) is 5.02 Å². The number of rotatable bonds is 2. The largest absolute Gasteiger partial charge is 0.319 e. The Hall–Kier alpha value is -2.17. The standard InChI is InChI=1S/C18H15ClN2OS/c1-12-8-10-14(19)17-16(12)21(2)18(23-17)20-15(22)11-9-13-6-4-3-5-7-13/h3-11H,1-2H3/b11-9+,20-18?. The van der Waals surface area contributed by atoms with Crippen LogP contribution in [0.25, 0.3) is 16.3 Å². The monoisotopic (exact) mass is 342 g/mol. The molecule has 23 heavy (non-hydrogen) atoms. The molecule has 0 unspecified atom stereocenters. The van der Waals surface area contributed by atoms with E-state index in [1.807, 2.05) is 61.0 Å². The van der Waals surface area contributed by atoms with Gasteiger partial charge < -0.3 is 4.57 Å². The van der Waals surface area contributed by atoms with Gasteiger partial charge in [-0.3, -0.25) is 4.79 Å². The second-order valence-electron chi connectivity index (χ2n) is 5.18. The SMILES string of the molecule is Cc1ccc(Cl)c2sc(=NC(=O)/C=C/c3ccccc3)n(C)c12. The van der Waals surface area contributed by atoms with E-state index in [2.05, 4.69) is 4.99 Å². The Labute approximate surface area is 143 Å². The summed E-state index contributed by atoms with van der Waals surface area (Å²) in [6.45, 7) is 2.02. The van der Waals surface area contributed by atoms with Crippen LogP contribution in [0.5, 0.6) is 0 Å².